The average molecular weight is 441 g/mol. The van der Waals surface area contributed by atoms with E-state index in [-0.39, 0.29) is 11.9 Å². The Labute approximate surface area is 188 Å². The van der Waals surface area contributed by atoms with Gasteiger partial charge in [0.15, 0.2) is 0 Å². The van der Waals surface area contributed by atoms with Crippen molar-refractivity contribution in [2.75, 3.05) is 6.54 Å². The van der Waals surface area contributed by atoms with Gasteiger partial charge in [-0.05, 0) is 49.3 Å². The number of aromatic nitrogens is 3. The highest BCUT2D eigenvalue weighted by molar-refractivity contribution is 6.31. The summed E-state index contributed by atoms with van der Waals surface area (Å²) in [5, 5.41) is 5.25. The van der Waals surface area contributed by atoms with Gasteiger partial charge in [-0.3, -0.25) is 9.48 Å². The molecule has 0 saturated carbocycles. The van der Waals surface area contributed by atoms with E-state index in [9.17, 15) is 4.79 Å². The van der Waals surface area contributed by atoms with Crippen molar-refractivity contribution in [2.24, 2.45) is 13.0 Å². The summed E-state index contributed by atoms with van der Waals surface area (Å²) in [5.41, 5.74) is 2.56. The Morgan fingerprint density at radius 1 is 1.29 bits per heavy atom. The van der Waals surface area contributed by atoms with E-state index < -0.39 is 0 Å². The van der Waals surface area contributed by atoms with Crippen molar-refractivity contribution in [3.63, 3.8) is 0 Å². The van der Waals surface area contributed by atoms with Gasteiger partial charge in [0.2, 0.25) is 5.89 Å². The number of likely N-dealkylation sites (tertiary alicyclic amines) is 1. The lowest BCUT2D eigenvalue weighted by atomic mass is 10.0. The Balaban J connectivity index is 1.54. The monoisotopic (exact) mass is 440 g/mol. The Morgan fingerprint density at radius 3 is 2.87 bits per heavy atom. The highest BCUT2D eigenvalue weighted by atomic mass is 35.5. The van der Waals surface area contributed by atoms with Crippen LogP contribution in [0.1, 0.15) is 72.5 Å². The molecule has 3 heterocycles. The van der Waals surface area contributed by atoms with Gasteiger partial charge in [0.25, 0.3) is 5.91 Å². The summed E-state index contributed by atoms with van der Waals surface area (Å²) < 4.78 is 7.80. The number of benzene rings is 1. The van der Waals surface area contributed by atoms with E-state index in [0.29, 0.717) is 35.5 Å². The maximum atomic E-state index is 13.4. The first kappa shape index (κ1) is 21.6. The Morgan fingerprint density at radius 2 is 2.10 bits per heavy atom. The number of aryl methyl sites for hydroxylation is 1. The maximum absolute atomic E-state index is 13.4. The van der Waals surface area contributed by atoms with Crippen LogP contribution in [0.3, 0.4) is 0 Å². The van der Waals surface area contributed by atoms with Crippen LogP contribution in [0.25, 0.3) is 0 Å². The highest BCUT2D eigenvalue weighted by Gasteiger charge is 2.33. The topological polar surface area (TPSA) is 64.2 Å². The first-order valence-electron chi connectivity index (χ1n) is 10.9. The summed E-state index contributed by atoms with van der Waals surface area (Å²) in [6.45, 7) is 5.00. The molecule has 7 heteroatoms. The zero-order chi connectivity index (χ0) is 22.0. The molecule has 1 aromatic carbocycles. The minimum absolute atomic E-state index is 0.0134. The number of oxazole rings is 1. The molecular formula is C24H29ClN4O2. The largest absolute Gasteiger partial charge is 0.443 e. The third kappa shape index (κ3) is 4.85. The van der Waals surface area contributed by atoms with E-state index in [1.807, 2.05) is 42.3 Å². The smallest absolute Gasteiger partial charge is 0.272 e. The summed E-state index contributed by atoms with van der Waals surface area (Å²) in [5.74, 6) is 1.82. The van der Waals surface area contributed by atoms with Crippen LogP contribution in [0.4, 0.5) is 0 Å². The van der Waals surface area contributed by atoms with E-state index >= 15 is 0 Å². The minimum Gasteiger partial charge on any atom is -0.443 e. The number of amides is 1. The van der Waals surface area contributed by atoms with Crippen molar-refractivity contribution >= 4 is 17.5 Å². The number of piperidine rings is 1. The van der Waals surface area contributed by atoms with Gasteiger partial charge in [-0.25, -0.2) is 4.98 Å². The second kappa shape index (κ2) is 9.27. The van der Waals surface area contributed by atoms with Crippen molar-refractivity contribution in [1.29, 1.82) is 0 Å². The van der Waals surface area contributed by atoms with Crippen LogP contribution in [0.2, 0.25) is 5.02 Å². The molecule has 3 aromatic rings. The molecule has 31 heavy (non-hydrogen) atoms. The molecule has 4 rings (SSSR count). The van der Waals surface area contributed by atoms with E-state index in [1.165, 1.54) is 0 Å². The molecule has 1 aliphatic rings. The van der Waals surface area contributed by atoms with Crippen LogP contribution in [0.15, 0.2) is 40.9 Å². The number of nitrogens with zero attached hydrogens (tertiary/aromatic N) is 4. The van der Waals surface area contributed by atoms with Crippen LogP contribution < -0.4 is 0 Å². The molecule has 2 aromatic heterocycles. The summed E-state index contributed by atoms with van der Waals surface area (Å²) in [6.07, 6.45) is 6.05. The first-order chi connectivity index (χ1) is 14.9. The lowest BCUT2D eigenvalue weighted by Crippen LogP contribution is -2.39. The van der Waals surface area contributed by atoms with Crippen LogP contribution in [0.5, 0.6) is 0 Å². The first-order valence-corrected chi connectivity index (χ1v) is 11.3. The standard InChI is InChI=1S/C24H29ClN4O2/c1-16(2)12-18-14-22(28(3)27-18)24(30)29-11-7-6-10-21(29)23-26-15-19(31-23)13-17-8-4-5-9-20(17)25/h4-5,8-9,14-16,21H,6-7,10-13H2,1-3H3/t21-/m1/s1. The van der Waals surface area contributed by atoms with Gasteiger partial charge in [-0.15, -0.1) is 0 Å². The molecule has 1 aliphatic heterocycles. The number of hydrogen-bond acceptors (Lipinski definition) is 4. The molecule has 164 valence electrons. The zero-order valence-electron chi connectivity index (χ0n) is 18.3. The third-order valence-electron chi connectivity index (χ3n) is 5.71. The van der Waals surface area contributed by atoms with E-state index in [1.54, 1.807) is 10.9 Å². The predicted molar refractivity (Wildman–Crippen MR) is 120 cm³/mol. The van der Waals surface area contributed by atoms with Crippen molar-refractivity contribution in [3.05, 3.63) is 70.2 Å². The van der Waals surface area contributed by atoms with E-state index in [2.05, 4.69) is 23.9 Å². The Bertz CT molecular complexity index is 1060. The predicted octanol–water partition coefficient (Wildman–Crippen LogP) is 5.22. The van der Waals surface area contributed by atoms with Crippen LogP contribution in [-0.4, -0.2) is 32.1 Å². The van der Waals surface area contributed by atoms with Gasteiger partial charge >= 0.3 is 0 Å². The number of hydrogen-bond donors (Lipinski definition) is 0. The van der Waals surface area contributed by atoms with Crippen LogP contribution >= 0.6 is 11.6 Å². The van der Waals surface area contributed by atoms with Gasteiger partial charge in [-0.2, -0.15) is 5.10 Å². The van der Waals surface area contributed by atoms with Crippen LogP contribution in [-0.2, 0) is 19.9 Å². The molecular weight excluding hydrogens is 412 g/mol. The van der Waals surface area contributed by atoms with Gasteiger partial charge in [-0.1, -0.05) is 43.6 Å². The van der Waals surface area contributed by atoms with Crippen molar-refractivity contribution in [1.82, 2.24) is 19.7 Å². The zero-order valence-corrected chi connectivity index (χ0v) is 19.1. The van der Waals surface area contributed by atoms with Crippen molar-refractivity contribution < 1.29 is 9.21 Å². The summed E-state index contributed by atoms with van der Waals surface area (Å²) in [6, 6.07) is 9.49. The average Bonchev–Trinajstić information content (AvgIpc) is 3.35. The van der Waals surface area contributed by atoms with Gasteiger partial charge in [0, 0.05) is 25.0 Å². The number of halogens is 1. The van der Waals surface area contributed by atoms with E-state index in [4.69, 9.17) is 16.0 Å². The molecule has 0 N–H and O–H groups in total. The molecule has 1 atom stereocenters. The second-order valence-corrected chi connectivity index (χ2v) is 9.09. The van der Waals surface area contributed by atoms with Crippen molar-refractivity contribution in [3.8, 4) is 0 Å². The summed E-state index contributed by atoms with van der Waals surface area (Å²) >= 11 is 6.29. The Hall–Kier alpha value is -2.60. The fraction of sp³-hybridized carbons (Fsp3) is 0.458. The van der Waals surface area contributed by atoms with E-state index in [0.717, 1.165) is 42.7 Å². The second-order valence-electron chi connectivity index (χ2n) is 8.69. The molecule has 1 amide bonds. The molecule has 0 unspecified atom stereocenters. The molecule has 6 nitrogen and oxygen atoms in total. The number of rotatable bonds is 6. The fourth-order valence-electron chi connectivity index (χ4n) is 4.21. The molecule has 0 bridgehead atoms. The molecule has 0 radical (unpaired) electrons. The Kier molecular flexibility index (Phi) is 6.46. The molecule has 1 saturated heterocycles. The normalized spacial score (nSPS) is 16.8. The lowest BCUT2D eigenvalue weighted by Gasteiger charge is -2.33. The molecule has 0 spiro atoms. The van der Waals surface area contributed by atoms with Crippen molar-refractivity contribution in [2.45, 2.75) is 52.0 Å². The number of carbonyl (C=O) groups excluding carboxylic acids is 1. The summed E-state index contributed by atoms with van der Waals surface area (Å²) in [7, 11) is 1.84. The lowest BCUT2D eigenvalue weighted by molar-refractivity contribution is 0.0558. The van der Waals surface area contributed by atoms with Gasteiger partial charge in [0.1, 0.15) is 17.5 Å². The quantitative estimate of drug-likeness (QED) is 0.527. The van der Waals surface area contributed by atoms with Gasteiger partial charge < -0.3 is 9.32 Å². The highest BCUT2D eigenvalue weighted by Crippen LogP contribution is 2.32. The summed E-state index contributed by atoms with van der Waals surface area (Å²) in [4.78, 5) is 19.9. The van der Waals surface area contributed by atoms with Gasteiger partial charge in [0.05, 0.1) is 11.9 Å². The molecule has 1 fully saturated rings. The molecule has 0 aliphatic carbocycles. The third-order valence-corrected chi connectivity index (χ3v) is 6.08. The maximum Gasteiger partial charge on any atom is 0.272 e. The minimum atomic E-state index is -0.162. The fourth-order valence-corrected chi connectivity index (χ4v) is 4.41. The SMILES string of the molecule is CC(C)Cc1cc(C(=O)N2CCCC[C@@H]2c2ncc(Cc3ccccc3Cl)o2)n(C)n1. The van der Waals surface area contributed by atoms with Crippen LogP contribution in [0, 0.1) is 5.92 Å². The number of carbonyl (C=O) groups is 1.